The Morgan fingerprint density at radius 1 is 1.17 bits per heavy atom. The maximum atomic E-state index is 13.5. The molecule has 2 aromatic carbocycles. The van der Waals surface area contributed by atoms with Crippen LogP contribution >= 0.6 is 22.9 Å². The van der Waals surface area contributed by atoms with Gasteiger partial charge in [0.05, 0.1) is 0 Å². The first kappa shape index (κ1) is 20.4. The highest BCUT2D eigenvalue weighted by molar-refractivity contribution is 7.13. The standard InChI is InChI=1S/C21H18ClFN4O2S/c22-15-6-8-17(9-7-15)24-18(28)20-26-25-19(30-20)14-4-2-10-27(12-14)21(29)13-3-1-5-16(23)11-13/h1,3,5-9,11,14H,2,4,10,12H2,(H,24,28)/t14-/m0/s1. The average Bonchev–Trinajstić information content (AvgIpc) is 3.25. The summed E-state index contributed by atoms with van der Waals surface area (Å²) in [6, 6.07) is 12.5. The predicted molar refractivity (Wildman–Crippen MR) is 114 cm³/mol. The maximum Gasteiger partial charge on any atom is 0.286 e. The Morgan fingerprint density at radius 2 is 1.97 bits per heavy atom. The van der Waals surface area contributed by atoms with Crippen LogP contribution in [0.2, 0.25) is 5.02 Å². The van der Waals surface area contributed by atoms with Crippen molar-refractivity contribution in [2.24, 2.45) is 0 Å². The van der Waals surface area contributed by atoms with Gasteiger partial charge in [-0.25, -0.2) is 4.39 Å². The molecule has 0 radical (unpaired) electrons. The number of hydrogen-bond donors (Lipinski definition) is 1. The van der Waals surface area contributed by atoms with Gasteiger partial charge in [-0.2, -0.15) is 0 Å². The van der Waals surface area contributed by atoms with Gasteiger partial charge in [0.25, 0.3) is 11.8 Å². The van der Waals surface area contributed by atoms with Gasteiger partial charge in [0.1, 0.15) is 10.8 Å². The fraction of sp³-hybridized carbons (Fsp3) is 0.238. The van der Waals surface area contributed by atoms with Gasteiger partial charge in [0.15, 0.2) is 0 Å². The van der Waals surface area contributed by atoms with Crippen molar-refractivity contribution in [1.82, 2.24) is 15.1 Å². The molecule has 6 nitrogen and oxygen atoms in total. The summed E-state index contributed by atoms with van der Waals surface area (Å²) in [7, 11) is 0. The fourth-order valence-corrected chi connectivity index (χ4v) is 4.37. The number of amides is 2. The van der Waals surface area contributed by atoms with Crippen molar-refractivity contribution in [1.29, 1.82) is 0 Å². The molecule has 1 N–H and O–H groups in total. The normalized spacial score (nSPS) is 16.3. The summed E-state index contributed by atoms with van der Waals surface area (Å²) in [6.45, 7) is 1.07. The van der Waals surface area contributed by atoms with E-state index in [1.807, 2.05) is 0 Å². The summed E-state index contributed by atoms with van der Waals surface area (Å²) in [5.74, 6) is -0.991. The lowest BCUT2D eigenvalue weighted by molar-refractivity contribution is 0.0706. The van der Waals surface area contributed by atoms with Crippen molar-refractivity contribution < 1.29 is 14.0 Å². The molecule has 1 aliphatic heterocycles. The number of nitrogens with one attached hydrogen (secondary N) is 1. The number of piperidine rings is 1. The summed E-state index contributed by atoms with van der Waals surface area (Å²) in [4.78, 5) is 26.9. The number of hydrogen-bond acceptors (Lipinski definition) is 5. The zero-order valence-electron chi connectivity index (χ0n) is 15.8. The quantitative estimate of drug-likeness (QED) is 0.638. The molecule has 0 spiro atoms. The first-order chi connectivity index (χ1) is 14.5. The Balaban J connectivity index is 1.43. The number of rotatable bonds is 4. The van der Waals surface area contributed by atoms with Crippen LogP contribution in [0.15, 0.2) is 48.5 Å². The minimum atomic E-state index is -0.435. The monoisotopic (exact) mass is 444 g/mol. The van der Waals surface area contributed by atoms with Gasteiger partial charge in [-0.05, 0) is 55.3 Å². The van der Waals surface area contributed by atoms with Crippen LogP contribution in [0.4, 0.5) is 10.1 Å². The second-order valence-corrected chi connectivity index (χ2v) is 8.45. The molecule has 1 aromatic heterocycles. The Hall–Kier alpha value is -2.84. The van der Waals surface area contributed by atoms with Crippen molar-refractivity contribution >= 4 is 40.4 Å². The topological polar surface area (TPSA) is 75.2 Å². The van der Waals surface area contributed by atoms with Crippen LogP contribution in [-0.4, -0.2) is 40.0 Å². The van der Waals surface area contributed by atoms with Crippen LogP contribution in [0.3, 0.4) is 0 Å². The number of carbonyl (C=O) groups is 2. The summed E-state index contributed by atoms with van der Waals surface area (Å²) >= 11 is 7.08. The van der Waals surface area contributed by atoms with E-state index in [2.05, 4.69) is 15.5 Å². The van der Waals surface area contributed by atoms with Crippen LogP contribution in [0, 0.1) is 5.82 Å². The number of nitrogens with zero attached hydrogens (tertiary/aromatic N) is 3. The highest BCUT2D eigenvalue weighted by Crippen LogP contribution is 2.30. The highest BCUT2D eigenvalue weighted by atomic mass is 35.5. The number of halogens is 2. The van der Waals surface area contributed by atoms with Gasteiger partial charge < -0.3 is 10.2 Å². The van der Waals surface area contributed by atoms with Gasteiger partial charge in [0, 0.05) is 35.3 Å². The average molecular weight is 445 g/mol. The van der Waals surface area contributed by atoms with Crippen LogP contribution in [-0.2, 0) is 0 Å². The van der Waals surface area contributed by atoms with E-state index in [-0.39, 0.29) is 22.7 Å². The van der Waals surface area contributed by atoms with E-state index in [0.717, 1.165) is 12.8 Å². The Bertz CT molecular complexity index is 1070. The third kappa shape index (κ3) is 4.66. The molecular weight excluding hydrogens is 427 g/mol. The number of likely N-dealkylation sites (tertiary alicyclic amines) is 1. The molecule has 30 heavy (non-hydrogen) atoms. The van der Waals surface area contributed by atoms with Crippen molar-refractivity contribution in [2.75, 3.05) is 18.4 Å². The number of anilines is 1. The van der Waals surface area contributed by atoms with Crippen molar-refractivity contribution in [2.45, 2.75) is 18.8 Å². The predicted octanol–water partition coefficient (Wildman–Crippen LogP) is 4.60. The second-order valence-electron chi connectivity index (χ2n) is 7.01. The van der Waals surface area contributed by atoms with E-state index < -0.39 is 5.82 Å². The van der Waals surface area contributed by atoms with E-state index in [1.54, 1.807) is 35.2 Å². The van der Waals surface area contributed by atoms with Crippen LogP contribution in [0.5, 0.6) is 0 Å². The molecule has 0 unspecified atom stereocenters. The van der Waals surface area contributed by atoms with Gasteiger partial charge >= 0.3 is 0 Å². The van der Waals surface area contributed by atoms with Gasteiger partial charge in [-0.15, -0.1) is 10.2 Å². The van der Waals surface area contributed by atoms with E-state index in [1.165, 1.54) is 29.5 Å². The number of aromatic nitrogens is 2. The van der Waals surface area contributed by atoms with Crippen LogP contribution in [0.1, 0.15) is 43.9 Å². The van der Waals surface area contributed by atoms with E-state index in [9.17, 15) is 14.0 Å². The Morgan fingerprint density at radius 3 is 2.73 bits per heavy atom. The lowest BCUT2D eigenvalue weighted by Crippen LogP contribution is -2.39. The van der Waals surface area contributed by atoms with Gasteiger partial charge in [-0.3, -0.25) is 9.59 Å². The lowest BCUT2D eigenvalue weighted by atomic mass is 9.98. The second kappa shape index (κ2) is 8.89. The molecule has 9 heteroatoms. The molecule has 0 bridgehead atoms. The minimum absolute atomic E-state index is 0.00848. The molecule has 1 aliphatic rings. The molecule has 1 atom stereocenters. The van der Waals surface area contributed by atoms with Crippen molar-refractivity contribution in [3.8, 4) is 0 Å². The van der Waals surface area contributed by atoms with Crippen LogP contribution < -0.4 is 5.32 Å². The Labute approximate surface area is 181 Å². The lowest BCUT2D eigenvalue weighted by Gasteiger charge is -2.31. The number of carbonyl (C=O) groups excluding carboxylic acids is 2. The summed E-state index contributed by atoms with van der Waals surface area (Å²) in [5, 5.41) is 12.5. The van der Waals surface area contributed by atoms with E-state index in [0.29, 0.717) is 34.4 Å². The summed E-state index contributed by atoms with van der Waals surface area (Å²) in [6.07, 6.45) is 1.65. The molecule has 3 aromatic rings. The maximum absolute atomic E-state index is 13.5. The third-order valence-electron chi connectivity index (χ3n) is 4.87. The molecule has 2 amide bonds. The summed E-state index contributed by atoms with van der Waals surface area (Å²) < 4.78 is 13.5. The molecule has 4 rings (SSSR count). The van der Waals surface area contributed by atoms with E-state index >= 15 is 0 Å². The van der Waals surface area contributed by atoms with Crippen molar-refractivity contribution in [3.63, 3.8) is 0 Å². The molecule has 0 aliphatic carbocycles. The number of benzene rings is 2. The Kier molecular flexibility index (Phi) is 6.06. The molecule has 0 saturated carbocycles. The SMILES string of the molecule is O=C(Nc1ccc(Cl)cc1)c1nnc([C@H]2CCCN(C(=O)c3cccc(F)c3)C2)s1. The smallest absolute Gasteiger partial charge is 0.286 e. The first-order valence-corrected chi connectivity index (χ1v) is 10.6. The van der Waals surface area contributed by atoms with Crippen molar-refractivity contribution in [3.05, 3.63) is 74.9 Å². The highest BCUT2D eigenvalue weighted by Gasteiger charge is 2.28. The van der Waals surface area contributed by atoms with E-state index in [4.69, 9.17) is 11.6 Å². The minimum Gasteiger partial charge on any atom is -0.338 e. The molecule has 2 heterocycles. The van der Waals surface area contributed by atoms with Gasteiger partial charge in [-0.1, -0.05) is 29.0 Å². The van der Waals surface area contributed by atoms with Crippen LogP contribution in [0.25, 0.3) is 0 Å². The third-order valence-corrected chi connectivity index (χ3v) is 6.20. The zero-order valence-corrected chi connectivity index (χ0v) is 17.4. The summed E-state index contributed by atoms with van der Waals surface area (Å²) in [5.41, 5.74) is 0.946. The molecule has 154 valence electrons. The molecule has 1 saturated heterocycles. The first-order valence-electron chi connectivity index (χ1n) is 9.45. The van der Waals surface area contributed by atoms with Gasteiger partial charge in [0.2, 0.25) is 5.01 Å². The largest absolute Gasteiger partial charge is 0.338 e. The zero-order chi connectivity index (χ0) is 21.1. The molecule has 1 fully saturated rings. The molecular formula is C21H18ClFN4O2S. The fourth-order valence-electron chi connectivity index (χ4n) is 3.38.